The number of phenols is 1. The van der Waals surface area contributed by atoms with E-state index in [4.69, 9.17) is 9.47 Å². The SMILES string of the molecule is O=C(/C=C/c1ccc(OCCCCCCN2CCCC2)cc1)c1ccc(OCCCCCCN2CCCC2)cc1O. The maximum atomic E-state index is 12.7. The molecule has 2 aliphatic rings. The summed E-state index contributed by atoms with van der Waals surface area (Å²) in [4.78, 5) is 17.8. The first-order valence-electron chi connectivity index (χ1n) is 16.0. The van der Waals surface area contributed by atoms with Crippen LogP contribution >= 0.6 is 0 Å². The number of likely N-dealkylation sites (tertiary alicyclic amines) is 2. The minimum absolute atomic E-state index is 0.0532. The highest BCUT2D eigenvalue weighted by atomic mass is 16.5. The molecule has 41 heavy (non-hydrogen) atoms. The van der Waals surface area contributed by atoms with Crippen molar-refractivity contribution in [2.75, 3.05) is 52.5 Å². The van der Waals surface area contributed by atoms with E-state index in [0.717, 1.165) is 37.2 Å². The number of aromatic hydroxyl groups is 1. The third-order valence-corrected chi connectivity index (χ3v) is 8.21. The van der Waals surface area contributed by atoms with Crippen LogP contribution in [0, 0.1) is 0 Å². The van der Waals surface area contributed by atoms with Gasteiger partial charge in [-0.2, -0.15) is 0 Å². The van der Waals surface area contributed by atoms with Crippen molar-refractivity contribution in [1.29, 1.82) is 0 Å². The van der Waals surface area contributed by atoms with Gasteiger partial charge in [0.1, 0.15) is 17.2 Å². The normalized spacial score (nSPS) is 16.1. The molecular weight excluding hydrogens is 512 g/mol. The zero-order valence-corrected chi connectivity index (χ0v) is 24.9. The first-order valence-corrected chi connectivity index (χ1v) is 16.0. The summed E-state index contributed by atoms with van der Waals surface area (Å²) >= 11 is 0. The number of rotatable bonds is 19. The van der Waals surface area contributed by atoms with Gasteiger partial charge < -0.3 is 24.4 Å². The molecule has 2 heterocycles. The quantitative estimate of drug-likeness (QED) is 0.110. The van der Waals surface area contributed by atoms with Crippen LogP contribution in [-0.4, -0.2) is 73.2 Å². The summed E-state index contributed by atoms with van der Waals surface area (Å²) in [6, 6.07) is 12.7. The van der Waals surface area contributed by atoms with Gasteiger partial charge in [-0.3, -0.25) is 4.79 Å². The Bertz CT molecular complexity index is 1060. The third-order valence-electron chi connectivity index (χ3n) is 8.21. The summed E-state index contributed by atoms with van der Waals surface area (Å²) in [5, 5.41) is 10.4. The van der Waals surface area contributed by atoms with Crippen molar-refractivity contribution in [3.63, 3.8) is 0 Å². The van der Waals surface area contributed by atoms with E-state index in [2.05, 4.69) is 9.80 Å². The minimum Gasteiger partial charge on any atom is -0.507 e. The number of hydrogen-bond acceptors (Lipinski definition) is 6. The standard InChI is InChI=1S/C35H50N2O4/c38-34(33-19-18-32(29-35(33)39)41-28-12-4-2-6-22-37-25-9-10-26-37)20-15-30-13-16-31(17-14-30)40-27-11-3-1-5-21-36-23-7-8-24-36/h13-20,29,39H,1-12,21-28H2/b20-15+. The number of nitrogens with zero attached hydrogens (tertiary/aromatic N) is 2. The smallest absolute Gasteiger partial charge is 0.189 e. The number of hydrogen-bond donors (Lipinski definition) is 1. The fraction of sp³-hybridized carbons (Fsp3) is 0.571. The van der Waals surface area contributed by atoms with Gasteiger partial charge in [-0.15, -0.1) is 0 Å². The van der Waals surface area contributed by atoms with Gasteiger partial charge in [0.15, 0.2) is 5.78 Å². The van der Waals surface area contributed by atoms with Crippen molar-refractivity contribution in [3.8, 4) is 17.2 Å². The van der Waals surface area contributed by atoms with Crippen LogP contribution in [0.4, 0.5) is 0 Å². The third kappa shape index (κ3) is 11.5. The van der Waals surface area contributed by atoms with Crippen LogP contribution in [0.2, 0.25) is 0 Å². The molecule has 0 atom stereocenters. The van der Waals surface area contributed by atoms with E-state index < -0.39 is 0 Å². The highest BCUT2D eigenvalue weighted by Gasteiger charge is 2.12. The Morgan fingerprint density at radius 2 is 1.20 bits per heavy atom. The zero-order valence-electron chi connectivity index (χ0n) is 24.9. The van der Waals surface area contributed by atoms with Crippen LogP contribution < -0.4 is 9.47 Å². The molecule has 2 fully saturated rings. The zero-order chi connectivity index (χ0) is 28.5. The van der Waals surface area contributed by atoms with Crippen LogP contribution in [-0.2, 0) is 0 Å². The molecule has 2 aromatic carbocycles. The first-order chi connectivity index (χ1) is 20.2. The highest BCUT2D eigenvalue weighted by Crippen LogP contribution is 2.25. The minimum atomic E-state index is -0.239. The lowest BCUT2D eigenvalue weighted by Gasteiger charge is -2.13. The van der Waals surface area contributed by atoms with Crippen LogP contribution in [0.5, 0.6) is 17.2 Å². The first kappa shape index (κ1) is 31.1. The monoisotopic (exact) mass is 562 g/mol. The molecule has 0 saturated carbocycles. The molecule has 0 aromatic heterocycles. The van der Waals surface area contributed by atoms with Crippen molar-refractivity contribution in [2.45, 2.75) is 77.0 Å². The molecule has 0 unspecified atom stereocenters. The second-order valence-electron chi connectivity index (χ2n) is 11.6. The molecule has 2 aromatic rings. The summed E-state index contributed by atoms with van der Waals surface area (Å²) in [5.41, 5.74) is 1.18. The molecule has 0 spiro atoms. The fourth-order valence-electron chi connectivity index (χ4n) is 5.72. The number of unbranched alkanes of at least 4 members (excludes halogenated alkanes) is 6. The van der Waals surface area contributed by atoms with E-state index in [9.17, 15) is 9.90 Å². The average Bonchev–Trinajstić information content (AvgIpc) is 3.70. The van der Waals surface area contributed by atoms with Crippen LogP contribution in [0.15, 0.2) is 48.5 Å². The van der Waals surface area contributed by atoms with E-state index in [-0.39, 0.29) is 17.1 Å². The van der Waals surface area contributed by atoms with Gasteiger partial charge in [0.25, 0.3) is 0 Å². The van der Waals surface area contributed by atoms with Crippen molar-refractivity contribution >= 4 is 11.9 Å². The second kappa shape index (κ2) is 17.9. The Hall–Kier alpha value is -2.83. The summed E-state index contributed by atoms with van der Waals surface area (Å²) < 4.78 is 11.7. The molecule has 0 amide bonds. The van der Waals surface area contributed by atoms with Crippen LogP contribution in [0.1, 0.15) is 93.0 Å². The van der Waals surface area contributed by atoms with E-state index >= 15 is 0 Å². The molecule has 0 aliphatic carbocycles. The van der Waals surface area contributed by atoms with E-state index in [1.54, 1.807) is 18.2 Å². The predicted molar refractivity (Wildman–Crippen MR) is 167 cm³/mol. The summed E-state index contributed by atoms with van der Waals surface area (Å²) in [6.07, 6.45) is 18.1. The molecule has 2 saturated heterocycles. The molecule has 0 bridgehead atoms. The lowest BCUT2D eigenvalue weighted by atomic mass is 10.1. The number of allylic oxidation sites excluding steroid dienone is 1. The Balaban J connectivity index is 1.08. The van der Waals surface area contributed by atoms with Crippen LogP contribution in [0.3, 0.4) is 0 Å². The summed E-state index contributed by atoms with van der Waals surface area (Å²) in [5.74, 6) is 1.15. The molecule has 6 heteroatoms. The molecule has 1 N–H and O–H groups in total. The van der Waals surface area contributed by atoms with Crippen molar-refractivity contribution < 1.29 is 19.4 Å². The topological polar surface area (TPSA) is 62.2 Å². The van der Waals surface area contributed by atoms with E-state index in [1.807, 2.05) is 24.3 Å². The number of carbonyl (C=O) groups excluding carboxylic acids is 1. The van der Waals surface area contributed by atoms with Gasteiger partial charge in [-0.05, 0) is 127 Å². The average molecular weight is 563 g/mol. The maximum absolute atomic E-state index is 12.7. The second-order valence-corrected chi connectivity index (χ2v) is 11.6. The number of ketones is 1. The van der Waals surface area contributed by atoms with Gasteiger partial charge in [0.05, 0.1) is 18.8 Å². The molecular formula is C35H50N2O4. The number of benzene rings is 2. The van der Waals surface area contributed by atoms with Crippen molar-refractivity contribution in [3.05, 3.63) is 59.7 Å². The Morgan fingerprint density at radius 1 is 0.683 bits per heavy atom. The molecule has 4 rings (SSSR count). The van der Waals surface area contributed by atoms with E-state index in [1.165, 1.54) is 109 Å². The van der Waals surface area contributed by atoms with Gasteiger partial charge in [0.2, 0.25) is 0 Å². The summed E-state index contributed by atoms with van der Waals surface area (Å²) in [6.45, 7) is 8.92. The van der Waals surface area contributed by atoms with Crippen molar-refractivity contribution in [1.82, 2.24) is 9.80 Å². The number of carbonyl (C=O) groups is 1. The van der Waals surface area contributed by atoms with E-state index in [0.29, 0.717) is 12.4 Å². The van der Waals surface area contributed by atoms with Gasteiger partial charge in [0, 0.05) is 6.07 Å². The molecule has 2 aliphatic heterocycles. The number of phenolic OH excluding ortho intramolecular Hbond substituents is 1. The Morgan fingerprint density at radius 3 is 1.76 bits per heavy atom. The van der Waals surface area contributed by atoms with Crippen molar-refractivity contribution in [2.24, 2.45) is 0 Å². The van der Waals surface area contributed by atoms with Gasteiger partial charge in [-0.1, -0.05) is 43.9 Å². The fourth-order valence-corrected chi connectivity index (χ4v) is 5.72. The number of ether oxygens (including phenoxy) is 2. The Labute approximate surface area is 247 Å². The van der Waals surface area contributed by atoms with Gasteiger partial charge >= 0.3 is 0 Å². The summed E-state index contributed by atoms with van der Waals surface area (Å²) in [7, 11) is 0. The van der Waals surface area contributed by atoms with Crippen LogP contribution in [0.25, 0.3) is 6.08 Å². The lowest BCUT2D eigenvalue weighted by Crippen LogP contribution is -2.20. The lowest BCUT2D eigenvalue weighted by molar-refractivity contribution is 0.104. The largest absolute Gasteiger partial charge is 0.507 e. The molecule has 224 valence electrons. The molecule has 6 nitrogen and oxygen atoms in total. The maximum Gasteiger partial charge on any atom is 0.189 e. The van der Waals surface area contributed by atoms with Gasteiger partial charge in [-0.25, -0.2) is 0 Å². The Kier molecular flexibility index (Phi) is 13.6. The molecule has 0 radical (unpaired) electrons. The highest BCUT2D eigenvalue weighted by molar-refractivity contribution is 6.08. The predicted octanol–water partition coefficient (Wildman–Crippen LogP) is 7.36.